The third kappa shape index (κ3) is 8.47. The largest absolute Gasteiger partial charge is 0.501 e. The molecule has 2 saturated heterocycles. The lowest BCUT2D eigenvalue weighted by molar-refractivity contribution is -0.0606. The Balaban J connectivity index is 1.25. The number of nitrogen functional groups attached to an aromatic ring is 2. The monoisotopic (exact) mass is 852 g/mol. The summed E-state index contributed by atoms with van der Waals surface area (Å²) in [6.07, 6.45) is -10.9. The molecule has 54 heavy (non-hydrogen) atoms. The van der Waals surface area contributed by atoms with Crippen LogP contribution in [-0.4, -0.2) is 129 Å². The maximum atomic E-state index is 13.9. The van der Waals surface area contributed by atoms with Gasteiger partial charge in [0.2, 0.25) is 5.95 Å². The number of H-pyrrole nitrogens is 1. The molecule has 30 nitrogen and oxygen atoms in total. The van der Waals surface area contributed by atoms with Gasteiger partial charge in [0.25, 0.3) is 5.56 Å². The van der Waals surface area contributed by atoms with Crippen LogP contribution in [-0.2, 0) is 49.7 Å². The van der Waals surface area contributed by atoms with Crippen molar-refractivity contribution in [1.82, 2.24) is 39.0 Å². The van der Waals surface area contributed by atoms with Crippen LogP contribution in [0.25, 0.3) is 22.3 Å². The number of aliphatic hydroxyl groups excluding tert-OH is 4. The van der Waals surface area contributed by atoms with Gasteiger partial charge in [0.15, 0.2) is 35.1 Å². The van der Waals surface area contributed by atoms with Crippen molar-refractivity contribution in [2.24, 2.45) is 0 Å². The highest BCUT2D eigenvalue weighted by Crippen LogP contribution is 2.75. The van der Waals surface area contributed by atoms with Crippen LogP contribution in [0.2, 0.25) is 0 Å². The Hall–Kier alpha value is -3.18. The second-order valence-corrected chi connectivity index (χ2v) is 17.4. The standard InChI is InChI=1S/C20H28N10O20P4/c21-14-8-15(24-3-23-14)29(4-25-8)18-12(33)10(31)6(46-18)1-44-53(42,50-54(43,48-51(36,37)38)49-52(39,40)41)45-2-7-11(32)13(34)19(47-7)30-5-26-9-16(30)27-20(22)28-17(9)35/h3-7,10-13,18-19,31-34H,1-2H2,(H2,21,23,24)(H2,36,37,38)(H2,39,40,41)(H3,22,27,28,35)/t6-,7-,10-,11-,12-,13-,18-,19-,53?/m1/s1. The van der Waals surface area contributed by atoms with Gasteiger partial charge in [-0.2, -0.15) is 17.9 Å². The second-order valence-electron chi connectivity index (χ2n) is 11.2. The highest BCUT2D eigenvalue weighted by atomic mass is 31.3. The number of phosphoric acid groups is 4. The Morgan fingerprint density at radius 2 is 1.20 bits per heavy atom. The molecule has 0 aliphatic carbocycles. The molecule has 0 saturated carbocycles. The fourth-order valence-corrected chi connectivity index (χ4v) is 10.6. The molecule has 0 aromatic carbocycles. The highest BCUT2D eigenvalue weighted by Gasteiger charge is 2.52. The number of phosphoric ester groups is 1. The lowest BCUT2D eigenvalue weighted by Crippen LogP contribution is -2.34. The molecule has 34 heteroatoms. The maximum Gasteiger partial charge on any atom is 0.501 e. The zero-order chi connectivity index (χ0) is 39.5. The quantitative estimate of drug-likeness (QED) is 0.0558. The molecule has 0 amide bonds. The van der Waals surface area contributed by atoms with Crippen molar-refractivity contribution in [2.75, 3.05) is 24.7 Å². The van der Waals surface area contributed by atoms with E-state index in [2.05, 4.69) is 42.8 Å². The Morgan fingerprint density at radius 1 is 0.704 bits per heavy atom. The van der Waals surface area contributed by atoms with Crippen LogP contribution in [0.5, 0.6) is 0 Å². The minimum absolute atomic E-state index is 0.0353. The third-order valence-electron chi connectivity index (χ3n) is 7.47. The fourth-order valence-electron chi connectivity index (χ4n) is 5.22. The van der Waals surface area contributed by atoms with Gasteiger partial charge >= 0.3 is 31.3 Å². The number of nitrogens with zero attached hydrogens (tertiary/aromatic N) is 7. The number of anilines is 2. The fraction of sp³-hybridized carbons (Fsp3) is 0.500. The Morgan fingerprint density at radius 3 is 1.72 bits per heavy atom. The molecule has 2 fully saturated rings. The van der Waals surface area contributed by atoms with Gasteiger partial charge in [-0.1, -0.05) is 0 Å². The minimum Gasteiger partial charge on any atom is -0.387 e. The van der Waals surface area contributed by atoms with Crippen molar-refractivity contribution >= 4 is 65.4 Å². The van der Waals surface area contributed by atoms with Crippen LogP contribution >= 0.6 is 31.3 Å². The van der Waals surface area contributed by atoms with Gasteiger partial charge in [-0.15, -0.1) is 0 Å². The zero-order valence-electron chi connectivity index (χ0n) is 26.3. The number of imidazole rings is 2. The van der Waals surface area contributed by atoms with Gasteiger partial charge in [-0.3, -0.25) is 28.0 Å². The zero-order valence-corrected chi connectivity index (χ0v) is 29.9. The van der Waals surface area contributed by atoms with Crippen LogP contribution in [0.3, 0.4) is 0 Å². The Kier molecular flexibility index (Phi) is 11.0. The molecule has 0 spiro atoms. The number of fused-ring (bicyclic) bond motifs is 2. The minimum atomic E-state index is -6.38. The molecule has 2 aliphatic rings. The third-order valence-corrected chi connectivity index (χ3v) is 13.3. The summed E-state index contributed by atoms with van der Waals surface area (Å²) in [5, 5.41) is 43.0. The normalized spacial score (nSPS) is 27.9. The number of hydrogen-bond donors (Lipinski definition) is 11. The number of aliphatic hydroxyl groups is 4. The van der Waals surface area contributed by atoms with Gasteiger partial charge in [-0.05, 0) is 0 Å². The molecular formula is C20H28N10O20P4. The van der Waals surface area contributed by atoms with Gasteiger partial charge < -0.3 is 60.9 Å². The van der Waals surface area contributed by atoms with Crippen LogP contribution < -0.4 is 17.0 Å². The molecule has 298 valence electrons. The summed E-state index contributed by atoms with van der Waals surface area (Å²) in [6, 6.07) is 0. The number of aromatic nitrogens is 8. The van der Waals surface area contributed by atoms with Gasteiger partial charge in [0, 0.05) is 0 Å². The molecule has 0 bridgehead atoms. The number of nitrogens with one attached hydrogen (secondary N) is 1. The molecule has 1 unspecified atom stereocenters. The number of hydrogen-bond acceptors (Lipinski definition) is 23. The molecule has 4 aromatic heterocycles. The van der Waals surface area contributed by atoms with Crippen molar-refractivity contribution in [1.29, 1.82) is 0 Å². The van der Waals surface area contributed by atoms with Crippen LogP contribution in [0.15, 0.2) is 23.8 Å². The second kappa shape index (κ2) is 14.7. The van der Waals surface area contributed by atoms with Crippen molar-refractivity contribution in [3.05, 3.63) is 29.3 Å². The van der Waals surface area contributed by atoms with E-state index in [1.165, 1.54) is 0 Å². The molecular weight excluding hydrogens is 824 g/mol. The Labute approximate surface area is 297 Å². The van der Waals surface area contributed by atoms with E-state index in [9.17, 15) is 63.1 Å². The van der Waals surface area contributed by atoms with E-state index in [4.69, 9.17) is 30.0 Å². The molecule has 2 aliphatic heterocycles. The predicted molar refractivity (Wildman–Crippen MR) is 169 cm³/mol. The van der Waals surface area contributed by atoms with Crippen molar-refractivity contribution < 1.29 is 89.7 Å². The smallest absolute Gasteiger partial charge is 0.387 e. The SMILES string of the molecule is Nc1nc2c(ncn2[C@@H]2O[C@H](COP(=O)(OC[C@H]3O[C@@H](n4cnc5c(N)ncnc54)[C@H](O)[C@@H]3O)OP(=O)(OP(=O)(O)O)OP(=O)(O)O)[C@@H](O)[C@H]2O)c(=O)[nH]1. The van der Waals surface area contributed by atoms with Crippen molar-refractivity contribution in [3.63, 3.8) is 0 Å². The summed E-state index contributed by atoms with van der Waals surface area (Å²) in [7, 11) is -24.4. The van der Waals surface area contributed by atoms with E-state index in [1.54, 1.807) is 0 Å². The van der Waals surface area contributed by atoms with E-state index in [-0.39, 0.29) is 34.1 Å². The summed E-state index contributed by atoms with van der Waals surface area (Å²) >= 11 is 0. The first kappa shape index (κ1) is 40.5. The average Bonchev–Trinajstić information content (AvgIpc) is 3.79. The first-order valence-electron chi connectivity index (χ1n) is 14.5. The molecule has 6 rings (SSSR count). The maximum absolute atomic E-state index is 13.9. The predicted octanol–water partition coefficient (Wildman–Crippen LogP) is -3.15. The Bertz CT molecular complexity index is 2270. The van der Waals surface area contributed by atoms with E-state index in [1.807, 2.05) is 0 Å². The number of ether oxygens (including phenoxy) is 2. The van der Waals surface area contributed by atoms with Gasteiger partial charge in [0.05, 0.1) is 25.9 Å². The van der Waals surface area contributed by atoms with Crippen LogP contribution in [0, 0.1) is 0 Å². The summed E-state index contributed by atoms with van der Waals surface area (Å²) in [6.45, 7) is -2.41. The number of rotatable bonds is 14. The molecule has 4 aromatic rings. The first-order valence-corrected chi connectivity index (χ1v) is 20.5. The van der Waals surface area contributed by atoms with Gasteiger partial charge in [0.1, 0.15) is 48.5 Å². The lowest BCUT2D eigenvalue weighted by Gasteiger charge is -2.25. The number of aromatic amines is 1. The molecule has 9 atom stereocenters. The topological polar surface area (TPSA) is 454 Å². The van der Waals surface area contributed by atoms with Crippen LogP contribution in [0.4, 0.5) is 11.8 Å². The lowest BCUT2D eigenvalue weighted by atomic mass is 10.1. The molecule has 13 N–H and O–H groups in total. The van der Waals surface area contributed by atoms with Gasteiger partial charge in [-0.25, -0.2) is 38.2 Å². The summed E-state index contributed by atoms with van der Waals surface area (Å²) < 4.78 is 85.7. The first-order chi connectivity index (χ1) is 25.1. The van der Waals surface area contributed by atoms with E-state index >= 15 is 0 Å². The summed E-state index contributed by atoms with van der Waals surface area (Å²) in [5.41, 5.74) is 10.2. The van der Waals surface area contributed by atoms with Crippen molar-refractivity contribution in [2.45, 2.75) is 49.1 Å². The summed E-state index contributed by atoms with van der Waals surface area (Å²) in [4.78, 5) is 70.8. The van der Waals surface area contributed by atoms with E-state index in [0.29, 0.717) is 0 Å². The molecule has 0 radical (unpaired) electrons. The molecule has 6 heterocycles. The van der Waals surface area contributed by atoms with Crippen LogP contribution in [0.1, 0.15) is 12.5 Å². The van der Waals surface area contributed by atoms with E-state index in [0.717, 1.165) is 28.1 Å². The number of nitrogens with two attached hydrogens (primary N) is 2. The van der Waals surface area contributed by atoms with E-state index < -0.39 is 99.1 Å². The summed E-state index contributed by atoms with van der Waals surface area (Å²) in [5.74, 6) is -0.407. The average molecular weight is 852 g/mol. The highest BCUT2D eigenvalue weighted by molar-refractivity contribution is 7.71. The van der Waals surface area contributed by atoms with Crippen molar-refractivity contribution in [3.8, 4) is 0 Å².